The Hall–Kier alpha value is -1.49. The van der Waals surface area contributed by atoms with Crippen LogP contribution in [-0.2, 0) is 6.54 Å². The maximum atomic E-state index is 11.6. The minimum absolute atomic E-state index is 0.0104. The van der Waals surface area contributed by atoms with Crippen molar-refractivity contribution in [3.63, 3.8) is 0 Å². The maximum Gasteiger partial charge on any atom is 0.317 e. The lowest BCUT2D eigenvalue weighted by Crippen LogP contribution is -2.52. The SMILES string of the molecule is CNCC1CNC(=O)N(Cc2ccco2)C1. The van der Waals surface area contributed by atoms with Gasteiger partial charge in [0.25, 0.3) is 0 Å². The van der Waals surface area contributed by atoms with Gasteiger partial charge in [0.1, 0.15) is 5.76 Å². The van der Waals surface area contributed by atoms with Crippen molar-refractivity contribution in [1.82, 2.24) is 15.5 Å². The summed E-state index contributed by atoms with van der Waals surface area (Å²) in [6.07, 6.45) is 1.63. The molecule has 1 aliphatic heterocycles. The number of hydrogen-bond acceptors (Lipinski definition) is 3. The smallest absolute Gasteiger partial charge is 0.317 e. The van der Waals surface area contributed by atoms with E-state index in [1.807, 2.05) is 19.2 Å². The highest BCUT2D eigenvalue weighted by Crippen LogP contribution is 2.11. The van der Waals surface area contributed by atoms with E-state index in [9.17, 15) is 4.79 Å². The largest absolute Gasteiger partial charge is 0.467 e. The van der Waals surface area contributed by atoms with E-state index >= 15 is 0 Å². The Morgan fingerprint density at radius 1 is 1.69 bits per heavy atom. The van der Waals surface area contributed by atoms with Gasteiger partial charge in [0, 0.05) is 25.6 Å². The van der Waals surface area contributed by atoms with Crippen LogP contribution < -0.4 is 10.6 Å². The molecular formula is C11H17N3O2. The third-order valence-corrected chi connectivity index (χ3v) is 2.73. The Morgan fingerprint density at radius 2 is 2.56 bits per heavy atom. The van der Waals surface area contributed by atoms with Crippen LogP contribution >= 0.6 is 0 Å². The van der Waals surface area contributed by atoms with Gasteiger partial charge in [-0.2, -0.15) is 0 Å². The monoisotopic (exact) mass is 223 g/mol. The summed E-state index contributed by atoms with van der Waals surface area (Å²) in [5, 5.41) is 6.02. The van der Waals surface area contributed by atoms with Crippen LogP contribution in [0, 0.1) is 5.92 Å². The molecule has 1 saturated heterocycles. The fourth-order valence-corrected chi connectivity index (χ4v) is 1.95. The van der Waals surface area contributed by atoms with E-state index in [2.05, 4.69) is 10.6 Å². The maximum absolute atomic E-state index is 11.6. The van der Waals surface area contributed by atoms with Gasteiger partial charge in [-0.25, -0.2) is 4.79 Å². The fourth-order valence-electron chi connectivity index (χ4n) is 1.95. The molecule has 1 aliphatic rings. The number of rotatable bonds is 4. The van der Waals surface area contributed by atoms with E-state index in [-0.39, 0.29) is 6.03 Å². The predicted octanol–water partition coefficient (Wildman–Crippen LogP) is 0.640. The van der Waals surface area contributed by atoms with Gasteiger partial charge in [0.2, 0.25) is 0 Å². The third kappa shape index (κ3) is 2.55. The summed E-state index contributed by atoms with van der Waals surface area (Å²) in [6.45, 7) is 2.97. The van der Waals surface area contributed by atoms with Crippen molar-refractivity contribution >= 4 is 6.03 Å². The normalized spacial score (nSPS) is 20.9. The van der Waals surface area contributed by atoms with E-state index in [0.29, 0.717) is 12.5 Å². The zero-order valence-corrected chi connectivity index (χ0v) is 9.40. The fraction of sp³-hybridized carbons (Fsp3) is 0.545. The molecule has 0 spiro atoms. The molecule has 2 heterocycles. The van der Waals surface area contributed by atoms with Crippen LogP contribution in [-0.4, -0.2) is 37.6 Å². The number of furan rings is 1. The van der Waals surface area contributed by atoms with Gasteiger partial charge in [-0.3, -0.25) is 0 Å². The Bertz CT molecular complexity index is 337. The second kappa shape index (κ2) is 5.03. The Labute approximate surface area is 94.8 Å². The van der Waals surface area contributed by atoms with Crippen molar-refractivity contribution in [3.05, 3.63) is 24.2 Å². The van der Waals surface area contributed by atoms with Crippen LogP contribution in [0.1, 0.15) is 5.76 Å². The van der Waals surface area contributed by atoms with Gasteiger partial charge in [-0.05, 0) is 19.2 Å². The first-order valence-corrected chi connectivity index (χ1v) is 5.49. The molecule has 1 fully saturated rings. The summed E-state index contributed by atoms with van der Waals surface area (Å²) in [6, 6.07) is 3.71. The molecule has 1 aromatic rings. The summed E-state index contributed by atoms with van der Waals surface area (Å²) >= 11 is 0. The topological polar surface area (TPSA) is 57.5 Å². The molecular weight excluding hydrogens is 206 g/mol. The predicted molar refractivity (Wildman–Crippen MR) is 59.9 cm³/mol. The zero-order chi connectivity index (χ0) is 11.4. The number of hydrogen-bond donors (Lipinski definition) is 2. The molecule has 88 valence electrons. The highest BCUT2D eigenvalue weighted by atomic mass is 16.3. The molecule has 2 amide bonds. The van der Waals surface area contributed by atoms with Gasteiger partial charge in [0.05, 0.1) is 12.8 Å². The average Bonchev–Trinajstić information content (AvgIpc) is 2.76. The Balaban J connectivity index is 1.93. The highest BCUT2D eigenvalue weighted by Gasteiger charge is 2.25. The highest BCUT2D eigenvalue weighted by molar-refractivity contribution is 5.74. The minimum atomic E-state index is -0.0104. The molecule has 1 atom stereocenters. The van der Waals surface area contributed by atoms with Crippen LogP contribution in [0.15, 0.2) is 22.8 Å². The van der Waals surface area contributed by atoms with Gasteiger partial charge >= 0.3 is 6.03 Å². The van der Waals surface area contributed by atoms with Crippen LogP contribution in [0.3, 0.4) is 0 Å². The zero-order valence-electron chi connectivity index (χ0n) is 9.40. The molecule has 1 aromatic heterocycles. The Kier molecular flexibility index (Phi) is 3.46. The lowest BCUT2D eigenvalue weighted by atomic mass is 10.1. The van der Waals surface area contributed by atoms with E-state index in [0.717, 1.165) is 25.4 Å². The quantitative estimate of drug-likeness (QED) is 0.787. The number of urea groups is 1. The molecule has 1 unspecified atom stereocenters. The first-order chi connectivity index (χ1) is 7.79. The van der Waals surface area contributed by atoms with Gasteiger partial charge < -0.3 is 20.0 Å². The summed E-state index contributed by atoms with van der Waals surface area (Å²) in [4.78, 5) is 13.4. The Morgan fingerprint density at radius 3 is 3.25 bits per heavy atom. The molecule has 0 bridgehead atoms. The van der Waals surface area contributed by atoms with Crippen LogP contribution in [0.2, 0.25) is 0 Å². The van der Waals surface area contributed by atoms with Gasteiger partial charge in [0.15, 0.2) is 0 Å². The van der Waals surface area contributed by atoms with Crippen molar-refractivity contribution in [1.29, 1.82) is 0 Å². The first kappa shape index (κ1) is 11.0. The lowest BCUT2D eigenvalue weighted by molar-refractivity contribution is 0.158. The molecule has 5 nitrogen and oxygen atoms in total. The molecule has 5 heteroatoms. The third-order valence-electron chi connectivity index (χ3n) is 2.73. The summed E-state index contributed by atoms with van der Waals surface area (Å²) in [5.74, 6) is 1.28. The lowest BCUT2D eigenvalue weighted by Gasteiger charge is -2.32. The second-order valence-corrected chi connectivity index (χ2v) is 4.07. The first-order valence-electron chi connectivity index (χ1n) is 5.49. The number of nitrogens with one attached hydrogen (secondary N) is 2. The molecule has 16 heavy (non-hydrogen) atoms. The van der Waals surface area contributed by atoms with Crippen molar-refractivity contribution in [3.8, 4) is 0 Å². The number of nitrogens with zero attached hydrogens (tertiary/aromatic N) is 1. The molecule has 2 N–H and O–H groups in total. The average molecular weight is 223 g/mol. The summed E-state index contributed by atoms with van der Waals surface area (Å²) < 4.78 is 5.24. The molecule has 2 rings (SSSR count). The minimum Gasteiger partial charge on any atom is -0.467 e. The van der Waals surface area contributed by atoms with Crippen molar-refractivity contribution in [2.45, 2.75) is 6.54 Å². The summed E-state index contributed by atoms with van der Waals surface area (Å²) in [7, 11) is 1.92. The summed E-state index contributed by atoms with van der Waals surface area (Å²) in [5.41, 5.74) is 0. The van der Waals surface area contributed by atoms with Crippen LogP contribution in [0.5, 0.6) is 0 Å². The molecule has 0 aromatic carbocycles. The van der Waals surface area contributed by atoms with Gasteiger partial charge in [-0.1, -0.05) is 0 Å². The van der Waals surface area contributed by atoms with Crippen molar-refractivity contribution in [2.24, 2.45) is 5.92 Å². The molecule has 0 saturated carbocycles. The molecule has 0 radical (unpaired) electrons. The van der Waals surface area contributed by atoms with Crippen molar-refractivity contribution < 1.29 is 9.21 Å². The van der Waals surface area contributed by atoms with E-state index in [4.69, 9.17) is 4.42 Å². The second-order valence-electron chi connectivity index (χ2n) is 4.07. The number of carbonyl (C=O) groups excluding carboxylic acids is 1. The van der Waals surface area contributed by atoms with E-state index in [1.165, 1.54) is 0 Å². The standard InChI is InChI=1S/C11H17N3O2/c1-12-5-9-6-13-11(15)14(7-9)8-10-3-2-4-16-10/h2-4,9,12H,5-8H2,1H3,(H,13,15). The van der Waals surface area contributed by atoms with E-state index in [1.54, 1.807) is 11.2 Å². The van der Waals surface area contributed by atoms with Crippen molar-refractivity contribution in [2.75, 3.05) is 26.7 Å². The van der Waals surface area contributed by atoms with Gasteiger partial charge in [-0.15, -0.1) is 0 Å². The number of amides is 2. The van der Waals surface area contributed by atoms with Crippen LogP contribution in [0.25, 0.3) is 0 Å². The van der Waals surface area contributed by atoms with Crippen LogP contribution in [0.4, 0.5) is 4.79 Å². The number of carbonyl (C=O) groups is 1. The van der Waals surface area contributed by atoms with E-state index < -0.39 is 0 Å². The molecule has 0 aliphatic carbocycles.